The van der Waals surface area contributed by atoms with Gasteiger partial charge in [-0.15, -0.1) is 0 Å². The Morgan fingerprint density at radius 2 is 1.83 bits per heavy atom. The Balaban J connectivity index is 1.56. The molecule has 1 heterocycles. The van der Waals surface area contributed by atoms with Crippen molar-refractivity contribution in [3.8, 4) is 17.2 Å². The number of nitrogens with one attached hydrogen (secondary N) is 1. The van der Waals surface area contributed by atoms with E-state index in [1.165, 1.54) is 0 Å². The maximum atomic E-state index is 12.7. The van der Waals surface area contributed by atoms with Crippen molar-refractivity contribution in [2.45, 2.75) is 6.54 Å². The number of hydrogen-bond donors (Lipinski definition) is 2. The van der Waals surface area contributed by atoms with Crippen LogP contribution in [0.25, 0.3) is 10.9 Å². The fourth-order valence-electron chi connectivity index (χ4n) is 3.00. The highest BCUT2D eigenvalue weighted by Crippen LogP contribution is 2.31. The minimum atomic E-state index is -0.430. The van der Waals surface area contributed by atoms with Gasteiger partial charge in [-0.2, -0.15) is 0 Å². The number of halogens is 1. The van der Waals surface area contributed by atoms with E-state index in [1.54, 1.807) is 42.6 Å². The van der Waals surface area contributed by atoms with Crippen LogP contribution in [0.2, 0.25) is 5.02 Å². The number of carbonyl (C=O) groups excluding carboxylic acids is 1. The number of aromatic nitrogens is 1. The molecule has 0 aliphatic heterocycles. The maximum Gasteiger partial charge on any atom is 0.255 e. The summed E-state index contributed by atoms with van der Waals surface area (Å²) in [5.74, 6) is 0.634. The molecule has 6 heteroatoms. The average molecular weight is 405 g/mol. The molecule has 0 radical (unpaired) electrons. The van der Waals surface area contributed by atoms with E-state index in [2.05, 4.69) is 10.3 Å². The van der Waals surface area contributed by atoms with Crippen molar-refractivity contribution >= 4 is 28.4 Å². The van der Waals surface area contributed by atoms with E-state index in [1.807, 2.05) is 36.4 Å². The zero-order chi connectivity index (χ0) is 20.2. The summed E-state index contributed by atoms with van der Waals surface area (Å²) in [4.78, 5) is 16.8. The van der Waals surface area contributed by atoms with Gasteiger partial charge in [-0.25, -0.2) is 0 Å². The minimum Gasteiger partial charge on any atom is -0.505 e. The Morgan fingerprint density at radius 1 is 1.00 bits per heavy atom. The van der Waals surface area contributed by atoms with Gasteiger partial charge in [-0.3, -0.25) is 9.78 Å². The second kappa shape index (κ2) is 8.20. The fourth-order valence-corrected chi connectivity index (χ4v) is 3.23. The van der Waals surface area contributed by atoms with E-state index in [4.69, 9.17) is 16.3 Å². The lowest BCUT2D eigenvalue weighted by Gasteiger charge is -2.14. The van der Waals surface area contributed by atoms with Crippen LogP contribution in [0.3, 0.4) is 0 Å². The first-order valence-corrected chi connectivity index (χ1v) is 9.36. The summed E-state index contributed by atoms with van der Waals surface area (Å²) in [6.45, 7) is 0.139. The second-order valence-corrected chi connectivity index (χ2v) is 6.76. The van der Waals surface area contributed by atoms with Gasteiger partial charge in [0.2, 0.25) is 0 Å². The molecule has 0 atom stereocenters. The molecule has 4 aromatic rings. The first-order valence-electron chi connectivity index (χ1n) is 8.98. The van der Waals surface area contributed by atoms with E-state index in [0.29, 0.717) is 27.6 Å². The number of phenols is 1. The van der Waals surface area contributed by atoms with Gasteiger partial charge in [0.05, 0.1) is 5.56 Å². The molecule has 4 rings (SSSR count). The van der Waals surface area contributed by atoms with E-state index in [-0.39, 0.29) is 17.9 Å². The average Bonchev–Trinajstić information content (AvgIpc) is 2.74. The van der Waals surface area contributed by atoms with Crippen LogP contribution in [0, 0.1) is 0 Å². The normalized spacial score (nSPS) is 10.7. The van der Waals surface area contributed by atoms with Crippen molar-refractivity contribution in [2.24, 2.45) is 0 Å². The van der Waals surface area contributed by atoms with Gasteiger partial charge < -0.3 is 15.2 Å². The topological polar surface area (TPSA) is 71.5 Å². The molecule has 2 N–H and O–H groups in total. The molecule has 0 saturated carbocycles. The lowest BCUT2D eigenvalue weighted by atomic mass is 10.1. The van der Waals surface area contributed by atoms with Crippen LogP contribution >= 0.6 is 11.6 Å². The van der Waals surface area contributed by atoms with Gasteiger partial charge in [-0.05, 0) is 36.4 Å². The number of nitrogens with zero attached hydrogens (tertiary/aromatic N) is 1. The number of pyridine rings is 1. The number of fused-ring (bicyclic) bond motifs is 1. The van der Waals surface area contributed by atoms with Crippen molar-refractivity contribution in [1.82, 2.24) is 10.3 Å². The first-order chi connectivity index (χ1) is 14.1. The number of ether oxygens (including phenoxy) is 1. The Kier molecular flexibility index (Phi) is 5.31. The van der Waals surface area contributed by atoms with Crippen LogP contribution < -0.4 is 10.1 Å². The lowest BCUT2D eigenvalue weighted by molar-refractivity contribution is 0.0948. The molecule has 0 saturated heterocycles. The molecule has 144 valence electrons. The molecule has 0 fully saturated rings. The smallest absolute Gasteiger partial charge is 0.255 e. The van der Waals surface area contributed by atoms with Crippen LogP contribution in [-0.2, 0) is 6.54 Å². The number of hydrogen-bond acceptors (Lipinski definition) is 4. The molecular formula is C23H17ClN2O3. The highest BCUT2D eigenvalue weighted by Gasteiger charge is 2.16. The zero-order valence-electron chi connectivity index (χ0n) is 15.3. The maximum absolute atomic E-state index is 12.7. The number of phenolic OH excluding ortho intramolecular Hbond substituents is 1. The zero-order valence-corrected chi connectivity index (χ0v) is 16.1. The molecular weight excluding hydrogens is 388 g/mol. The largest absolute Gasteiger partial charge is 0.505 e. The number of amides is 1. The molecule has 0 bridgehead atoms. The monoisotopic (exact) mass is 404 g/mol. The SMILES string of the molecule is O=C(NCc1c(Cl)cccc1Oc1ccccc1)c1ccc2cccnc2c1O. The summed E-state index contributed by atoms with van der Waals surface area (Å²) in [6, 6.07) is 21.5. The van der Waals surface area contributed by atoms with Gasteiger partial charge in [-0.1, -0.05) is 48.0 Å². The van der Waals surface area contributed by atoms with Crippen LogP contribution in [0.1, 0.15) is 15.9 Å². The van der Waals surface area contributed by atoms with E-state index in [9.17, 15) is 9.90 Å². The molecule has 1 aromatic heterocycles. The fraction of sp³-hybridized carbons (Fsp3) is 0.0435. The van der Waals surface area contributed by atoms with Crippen LogP contribution in [-0.4, -0.2) is 16.0 Å². The predicted molar refractivity (Wildman–Crippen MR) is 113 cm³/mol. The van der Waals surface area contributed by atoms with Crippen molar-refractivity contribution < 1.29 is 14.6 Å². The molecule has 0 unspecified atom stereocenters. The molecule has 0 aliphatic carbocycles. The Bertz CT molecular complexity index is 1180. The van der Waals surface area contributed by atoms with Gasteiger partial charge >= 0.3 is 0 Å². The Hall–Kier alpha value is -3.57. The molecule has 0 aliphatic rings. The third-order valence-electron chi connectivity index (χ3n) is 4.47. The third-order valence-corrected chi connectivity index (χ3v) is 4.82. The standard InChI is InChI=1S/C23H17ClN2O3/c24-19-9-4-10-20(29-16-7-2-1-3-8-16)18(19)14-26-23(28)17-12-11-15-6-5-13-25-21(15)22(17)27/h1-13,27H,14H2,(H,26,28). The van der Waals surface area contributed by atoms with E-state index < -0.39 is 5.91 Å². The Labute approximate surface area is 172 Å². The summed E-state index contributed by atoms with van der Waals surface area (Å²) >= 11 is 6.34. The number of rotatable bonds is 5. The van der Waals surface area contributed by atoms with Gasteiger partial charge in [0.15, 0.2) is 5.75 Å². The summed E-state index contributed by atoms with van der Waals surface area (Å²) in [5, 5.41) is 14.5. The molecule has 0 spiro atoms. The Morgan fingerprint density at radius 3 is 2.66 bits per heavy atom. The van der Waals surface area contributed by atoms with Gasteiger partial charge in [0, 0.05) is 28.7 Å². The van der Waals surface area contributed by atoms with Crippen LogP contribution in [0.4, 0.5) is 0 Å². The molecule has 29 heavy (non-hydrogen) atoms. The number of para-hydroxylation sites is 1. The molecule has 3 aromatic carbocycles. The van der Waals surface area contributed by atoms with E-state index in [0.717, 1.165) is 5.39 Å². The van der Waals surface area contributed by atoms with Crippen molar-refractivity contribution in [3.63, 3.8) is 0 Å². The van der Waals surface area contributed by atoms with E-state index >= 15 is 0 Å². The molecule has 5 nitrogen and oxygen atoms in total. The quantitative estimate of drug-likeness (QED) is 0.472. The predicted octanol–water partition coefficient (Wildman–Crippen LogP) is 5.32. The summed E-state index contributed by atoms with van der Waals surface area (Å²) < 4.78 is 5.91. The third kappa shape index (κ3) is 4.00. The number of benzene rings is 3. The van der Waals surface area contributed by atoms with Gasteiger partial charge in [0.1, 0.15) is 17.0 Å². The van der Waals surface area contributed by atoms with Crippen molar-refractivity contribution in [3.05, 3.63) is 95.1 Å². The highest BCUT2D eigenvalue weighted by atomic mass is 35.5. The summed E-state index contributed by atoms with van der Waals surface area (Å²) in [7, 11) is 0. The number of carbonyl (C=O) groups is 1. The second-order valence-electron chi connectivity index (χ2n) is 6.35. The van der Waals surface area contributed by atoms with Crippen LogP contribution in [0.5, 0.6) is 17.2 Å². The first kappa shape index (κ1) is 18.8. The van der Waals surface area contributed by atoms with Crippen LogP contribution in [0.15, 0.2) is 79.0 Å². The van der Waals surface area contributed by atoms with Crippen molar-refractivity contribution in [2.75, 3.05) is 0 Å². The minimum absolute atomic E-state index is 0.139. The lowest BCUT2D eigenvalue weighted by Crippen LogP contribution is -2.23. The summed E-state index contributed by atoms with van der Waals surface area (Å²) in [6.07, 6.45) is 1.57. The highest BCUT2D eigenvalue weighted by molar-refractivity contribution is 6.31. The summed E-state index contributed by atoms with van der Waals surface area (Å²) in [5.41, 5.74) is 1.17. The van der Waals surface area contributed by atoms with Gasteiger partial charge in [0.25, 0.3) is 5.91 Å². The molecule has 1 amide bonds. The number of aromatic hydroxyl groups is 1. The van der Waals surface area contributed by atoms with Crippen molar-refractivity contribution in [1.29, 1.82) is 0 Å².